The van der Waals surface area contributed by atoms with E-state index in [9.17, 15) is 9.59 Å². The Labute approximate surface area is 126 Å². The highest BCUT2D eigenvalue weighted by molar-refractivity contribution is 5.90. The van der Waals surface area contributed by atoms with Crippen LogP contribution in [0.3, 0.4) is 0 Å². The molecule has 1 aromatic rings. The van der Waals surface area contributed by atoms with Gasteiger partial charge in [-0.1, -0.05) is 13.3 Å². The third kappa shape index (κ3) is 4.62. The van der Waals surface area contributed by atoms with Crippen molar-refractivity contribution in [1.82, 2.24) is 4.98 Å². The number of H-pyrrole nitrogens is 1. The lowest BCUT2D eigenvalue weighted by Crippen LogP contribution is -2.10. The van der Waals surface area contributed by atoms with Crippen molar-refractivity contribution in [2.45, 2.75) is 53.4 Å². The standard InChI is InChI=1S/C16H25NO4/c1-5-8-13-11(4)12(9-10-14(18)20-6-2)15(17-13)16(19)21-7-3/h17H,5-10H2,1-4H3. The Morgan fingerprint density at radius 1 is 1.05 bits per heavy atom. The van der Waals surface area contributed by atoms with E-state index in [1.54, 1.807) is 13.8 Å². The molecule has 0 amide bonds. The minimum atomic E-state index is -0.359. The van der Waals surface area contributed by atoms with Gasteiger partial charge in [0.05, 0.1) is 13.2 Å². The largest absolute Gasteiger partial charge is 0.466 e. The molecule has 0 atom stereocenters. The summed E-state index contributed by atoms with van der Waals surface area (Å²) in [5, 5.41) is 0. The smallest absolute Gasteiger partial charge is 0.355 e. The Morgan fingerprint density at radius 2 is 1.71 bits per heavy atom. The van der Waals surface area contributed by atoms with E-state index in [-0.39, 0.29) is 18.4 Å². The van der Waals surface area contributed by atoms with Crippen molar-refractivity contribution >= 4 is 11.9 Å². The van der Waals surface area contributed by atoms with Gasteiger partial charge in [-0.2, -0.15) is 0 Å². The predicted molar refractivity (Wildman–Crippen MR) is 80.4 cm³/mol. The number of nitrogens with one attached hydrogen (secondary N) is 1. The van der Waals surface area contributed by atoms with Crippen molar-refractivity contribution in [1.29, 1.82) is 0 Å². The third-order valence-corrected chi connectivity index (χ3v) is 3.35. The highest BCUT2D eigenvalue weighted by atomic mass is 16.5. The molecule has 5 nitrogen and oxygen atoms in total. The van der Waals surface area contributed by atoms with Gasteiger partial charge in [0, 0.05) is 12.1 Å². The Kier molecular flexibility index (Phi) is 6.99. The molecule has 1 aromatic heterocycles. The van der Waals surface area contributed by atoms with Crippen LogP contribution in [0.2, 0.25) is 0 Å². The molecule has 0 unspecified atom stereocenters. The molecule has 0 bridgehead atoms. The van der Waals surface area contributed by atoms with Gasteiger partial charge in [0.25, 0.3) is 0 Å². The van der Waals surface area contributed by atoms with Crippen molar-refractivity contribution < 1.29 is 19.1 Å². The lowest BCUT2D eigenvalue weighted by Gasteiger charge is -2.05. The number of carbonyl (C=O) groups excluding carboxylic acids is 2. The van der Waals surface area contributed by atoms with Crippen LogP contribution in [-0.2, 0) is 27.1 Å². The lowest BCUT2D eigenvalue weighted by molar-refractivity contribution is -0.143. The molecular weight excluding hydrogens is 270 g/mol. The van der Waals surface area contributed by atoms with Gasteiger partial charge in [-0.05, 0) is 44.7 Å². The monoisotopic (exact) mass is 295 g/mol. The van der Waals surface area contributed by atoms with Gasteiger partial charge in [-0.15, -0.1) is 0 Å². The first-order valence-corrected chi connectivity index (χ1v) is 7.58. The second-order valence-electron chi connectivity index (χ2n) is 4.86. The number of ether oxygens (including phenoxy) is 2. The molecule has 0 saturated heterocycles. The highest BCUT2D eigenvalue weighted by Gasteiger charge is 2.21. The fourth-order valence-corrected chi connectivity index (χ4v) is 2.34. The van der Waals surface area contributed by atoms with Gasteiger partial charge in [0.1, 0.15) is 5.69 Å². The summed E-state index contributed by atoms with van der Waals surface area (Å²) < 4.78 is 10.0. The molecule has 21 heavy (non-hydrogen) atoms. The maximum Gasteiger partial charge on any atom is 0.355 e. The quantitative estimate of drug-likeness (QED) is 0.749. The van der Waals surface area contributed by atoms with E-state index in [4.69, 9.17) is 9.47 Å². The minimum Gasteiger partial charge on any atom is -0.466 e. The van der Waals surface area contributed by atoms with Crippen LogP contribution in [0.15, 0.2) is 0 Å². The summed E-state index contributed by atoms with van der Waals surface area (Å²) in [6, 6.07) is 0. The van der Waals surface area contributed by atoms with Gasteiger partial charge >= 0.3 is 11.9 Å². The zero-order valence-electron chi connectivity index (χ0n) is 13.4. The van der Waals surface area contributed by atoms with Gasteiger partial charge in [-0.25, -0.2) is 4.79 Å². The van der Waals surface area contributed by atoms with Crippen LogP contribution in [0.25, 0.3) is 0 Å². The summed E-state index contributed by atoms with van der Waals surface area (Å²) >= 11 is 0. The average molecular weight is 295 g/mol. The Balaban J connectivity index is 2.97. The van der Waals surface area contributed by atoms with E-state index in [2.05, 4.69) is 11.9 Å². The molecule has 0 spiro atoms. The molecule has 0 aliphatic carbocycles. The molecule has 0 fully saturated rings. The fourth-order valence-electron chi connectivity index (χ4n) is 2.34. The topological polar surface area (TPSA) is 68.4 Å². The molecule has 0 aromatic carbocycles. The summed E-state index contributed by atoms with van der Waals surface area (Å²) in [5.41, 5.74) is 3.43. The number of aryl methyl sites for hydroxylation is 1. The number of hydrogen-bond donors (Lipinski definition) is 1. The van der Waals surface area contributed by atoms with E-state index >= 15 is 0 Å². The van der Waals surface area contributed by atoms with Crippen molar-refractivity contribution in [2.75, 3.05) is 13.2 Å². The first-order chi connectivity index (χ1) is 10.0. The van der Waals surface area contributed by atoms with E-state index in [1.165, 1.54) is 0 Å². The Hall–Kier alpha value is -1.78. The molecule has 0 radical (unpaired) electrons. The van der Waals surface area contributed by atoms with E-state index < -0.39 is 0 Å². The van der Waals surface area contributed by atoms with Gasteiger partial charge in [0.15, 0.2) is 0 Å². The number of hydrogen-bond acceptors (Lipinski definition) is 4. The Bertz CT molecular complexity index is 491. The molecule has 5 heteroatoms. The second kappa shape index (κ2) is 8.49. The average Bonchev–Trinajstić information content (AvgIpc) is 2.75. The first kappa shape index (κ1) is 17.3. The van der Waals surface area contributed by atoms with Crippen LogP contribution >= 0.6 is 0 Å². The minimum absolute atomic E-state index is 0.245. The number of aromatic amines is 1. The number of carbonyl (C=O) groups is 2. The van der Waals surface area contributed by atoms with Crippen molar-refractivity contribution in [2.24, 2.45) is 0 Å². The zero-order valence-corrected chi connectivity index (χ0v) is 13.4. The highest BCUT2D eigenvalue weighted by Crippen LogP contribution is 2.22. The van der Waals surface area contributed by atoms with Crippen molar-refractivity contribution in [3.63, 3.8) is 0 Å². The molecule has 0 aliphatic rings. The summed E-state index contributed by atoms with van der Waals surface area (Å²) in [6.45, 7) is 8.32. The molecular formula is C16H25NO4. The van der Waals surface area contributed by atoms with Crippen LogP contribution in [-0.4, -0.2) is 30.1 Å². The van der Waals surface area contributed by atoms with Crippen LogP contribution < -0.4 is 0 Å². The van der Waals surface area contributed by atoms with E-state index in [0.717, 1.165) is 29.7 Å². The SMILES string of the molecule is CCCc1[nH]c(C(=O)OCC)c(CCC(=O)OCC)c1C. The third-order valence-electron chi connectivity index (χ3n) is 3.35. The van der Waals surface area contributed by atoms with Gasteiger partial charge in [0.2, 0.25) is 0 Å². The summed E-state index contributed by atoms with van der Waals surface area (Å²) in [6.07, 6.45) is 2.61. The van der Waals surface area contributed by atoms with Crippen LogP contribution in [0, 0.1) is 6.92 Å². The van der Waals surface area contributed by atoms with Crippen molar-refractivity contribution in [3.05, 3.63) is 22.5 Å². The maximum atomic E-state index is 12.0. The van der Waals surface area contributed by atoms with Gasteiger partial charge in [-0.3, -0.25) is 4.79 Å². The number of rotatable bonds is 8. The molecule has 1 rings (SSSR count). The lowest BCUT2D eigenvalue weighted by atomic mass is 10.0. The first-order valence-electron chi connectivity index (χ1n) is 7.58. The summed E-state index contributed by atoms with van der Waals surface area (Å²) in [7, 11) is 0. The zero-order chi connectivity index (χ0) is 15.8. The summed E-state index contributed by atoms with van der Waals surface area (Å²) in [5.74, 6) is -0.605. The number of esters is 2. The fraction of sp³-hybridized carbons (Fsp3) is 0.625. The Morgan fingerprint density at radius 3 is 2.29 bits per heavy atom. The van der Waals surface area contributed by atoms with Crippen LogP contribution in [0.5, 0.6) is 0 Å². The molecule has 0 aliphatic heterocycles. The molecule has 1 heterocycles. The molecule has 0 saturated carbocycles. The second-order valence-corrected chi connectivity index (χ2v) is 4.86. The molecule has 118 valence electrons. The normalized spacial score (nSPS) is 10.5. The maximum absolute atomic E-state index is 12.0. The van der Waals surface area contributed by atoms with Gasteiger partial charge < -0.3 is 14.5 Å². The van der Waals surface area contributed by atoms with Crippen LogP contribution in [0.1, 0.15) is 60.9 Å². The number of aromatic nitrogens is 1. The van der Waals surface area contributed by atoms with E-state index in [0.29, 0.717) is 25.3 Å². The van der Waals surface area contributed by atoms with E-state index in [1.807, 2.05) is 6.92 Å². The van der Waals surface area contributed by atoms with Crippen molar-refractivity contribution in [3.8, 4) is 0 Å². The predicted octanol–water partition coefficient (Wildman–Crippen LogP) is 2.95. The summed E-state index contributed by atoms with van der Waals surface area (Å²) in [4.78, 5) is 26.7. The van der Waals surface area contributed by atoms with Crippen LogP contribution in [0.4, 0.5) is 0 Å². The molecule has 1 N–H and O–H groups in total.